The third-order valence-corrected chi connectivity index (χ3v) is 4.37. The maximum Gasteiger partial charge on any atom is 0.201 e. The van der Waals surface area contributed by atoms with Crippen molar-refractivity contribution in [2.75, 3.05) is 5.73 Å². The molecule has 0 spiro atoms. The van der Waals surface area contributed by atoms with E-state index in [1.807, 2.05) is 0 Å². The molecule has 0 amide bonds. The Labute approximate surface area is 92.2 Å². The van der Waals surface area contributed by atoms with E-state index in [4.69, 9.17) is 10.3 Å². The number of nitrogens with zero attached hydrogens (tertiary/aromatic N) is 1. The quantitative estimate of drug-likeness (QED) is 0.868. The molecule has 2 heterocycles. The SMILES string of the molecule is CCc1sc2c(CC3CC3)noc2c1N. The van der Waals surface area contributed by atoms with Crippen LogP contribution in [0, 0.1) is 5.92 Å². The van der Waals surface area contributed by atoms with Crippen LogP contribution in [0.1, 0.15) is 30.3 Å². The first kappa shape index (κ1) is 9.21. The van der Waals surface area contributed by atoms with Crippen LogP contribution in [0.2, 0.25) is 0 Å². The smallest absolute Gasteiger partial charge is 0.201 e. The normalized spacial score (nSPS) is 16.3. The Morgan fingerprint density at radius 2 is 2.33 bits per heavy atom. The maximum atomic E-state index is 5.99. The molecule has 2 aromatic heterocycles. The molecule has 15 heavy (non-hydrogen) atoms. The zero-order valence-corrected chi connectivity index (χ0v) is 9.56. The molecule has 2 aromatic rings. The zero-order chi connectivity index (χ0) is 10.4. The van der Waals surface area contributed by atoms with Crippen LogP contribution >= 0.6 is 11.3 Å². The number of nitrogens with two attached hydrogens (primary N) is 1. The number of fused-ring (bicyclic) bond motifs is 1. The molecule has 0 unspecified atom stereocenters. The Hall–Kier alpha value is -1.03. The summed E-state index contributed by atoms with van der Waals surface area (Å²) in [7, 11) is 0. The van der Waals surface area contributed by atoms with Crippen LogP contribution < -0.4 is 5.73 Å². The van der Waals surface area contributed by atoms with E-state index < -0.39 is 0 Å². The molecule has 1 fully saturated rings. The van der Waals surface area contributed by atoms with Crippen molar-refractivity contribution in [2.24, 2.45) is 5.92 Å². The molecular weight excluding hydrogens is 208 g/mol. The largest absolute Gasteiger partial charge is 0.395 e. The molecule has 0 atom stereocenters. The number of thiophene rings is 1. The second kappa shape index (κ2) is 3.23. The highest BCUT2D eigenvalue weighted by molar-refractivity contribution is 7.19. The lowest BCUT2D eigenvalue weighted by Gasteiger charge is -1.91. The van der Waals surface area contributed by atoms with Crippen molar-refractivity contribution < 1.29 is 4.52 Å². The highest BCUT2D eigenvalue weighted by atomic mass is 32.1. The van der Waals surface area contributed by atoms with E-state index in [2.05, 4.69) is 12.1 Å². The van der Waals surface area contributed by atoms with E-state index in [-0.39, 0.29) is 0 Å². The Bertz CT molecular complexity index is 496. The fourth-order valence-electron chi connectivity index (χ4n) is 1.88. The summed E-state index contributed by atoms with van der Waals surface area (Å²) in [6, 6.07) is 0. The van der Waals surface area contributed by atoms with Gasteiger partial charge in [0.1, 0.15) is 5.69 Å². The summed E-state index contributed by atoms with van der Waals surface area (Å²) in [6.45, 7) is 2.12. The van der Waals surface area contributed by atoms with E-state index in [0.29, 0.717) is 0 Å². The van der Waals surface area contributed by atoms with Gasteiger partial charge in [-0.05, 0) is 31.6 Å². The molecule has 4 heteroatoms. The fraction of sp³-hybridized carbons (Fsp3) is 0.545. The van der Waals surface area contributed by atoms with Crippen molar-refractivity contribution in [1.82, 2.24) is 5.16 Å². The highest BCUT2D eigenvalue weighted by Crippen LogP contribution is 2.39. The molecule has 3 rings (SSSR count). The summed E-state index contributed by atoms with van der Waals surface area (Å²) in [5.41, 5.74) is 8.71. The van der Waals surface area contributed by atoms with E-state index >= 15 is 0 Å². The van der Waals surface area contributed by atoms with Gasteiger partial charge in [0.25, 0.3) is 0 Å². The summed E-state index contributed by atoms with van der Waals surface area (Å²) in [6.07, 6.45) is 4.73. The number of aryl methyl sites for hydroxylation is 1. The Kier molecular flexibility index (Phi) is 1.99. The maximum absolute atomic E-state index is 5.99. The third kappa shape index (κ3) is 1.44. The average Bonchev–Trinajstić information content (AvgIpc) is 2.87. The summed E-state index contributed by atoms with van der Waals surface area (Å²) < 4.78 is 6.50. The van der Waals surface area contributed by atoms with E-state index in [0.717, 1.165) is 35.7 Å². The van der Waals surface area contributed by atoms with E-state index in [9.17, 15) is 0 Å². The first-order valence-electron chi connectivity index (χ1n) is 5.45. The van der Waals surface area contributed by atoms with Crippen LogP contribution in [-0.4, -0.2) is 5.16 Å². The van der Waals surface area contributed by atoms with Gasteiger partial charge in [0.05, 0.1) is 10.4 Å². The number of hydrogen-bond acceptors (Lipinski definition) is 4. The predicted octanol–water partition coefficient (Wildman–Crippen LogP) is 2.99. The van der Waals surface area contributed by atoms with Crippen molar-refractivity contribution in [3.63, 3.8) is 0 Å². The van der Waals surface area contributed by atoms with Crippen molar-refractivity contribution in [3.05, 3.63) is 10.6 Å². The zero-order valence-electron chi connectivity index (χ0n) is 8.75. The summed E-state index contributed by atoms with van der Waals surface area (Å²) in [5, 5.41) is 4.13. The molecule has 2 N–H and O–H groups in total. The van der Waals surface area contributed by atoms with Crippen molar-refractivity contribution in [1.29, 1.82) is 0 Å². The van der Waals surface area contributed by atoms with Gasteiger partial charge in [0.2, 0.25) is 5.58 Å². The summed E-state index contributed by atoms with van der Waals surface area (Å²) in [5.74, 6) is 0.840. The van der Waals surface area contributed by atoms with Gasteiger partial charge >= 0.3 is 0 Å². The number of hydrogen-bond donors (Lipinski definition) is 1. The second-order valence-electron chi connectivity index (χ2n) is 4.23. The first-order valence-corrected chi connectivity index (χ1v) is 6.26. The average molecular weight is 222 g/mol. The second-order valence-corrected chi connectivity index (χ2v) is 5.33. The predicted molar refractivity (Wildman–Crippen MR) is 62.1 cm³/mol. The van der Waals surface area contributed by atoms with Gasteiger partial charge in [0.15, 0.2) is 0 Å². The Morgan fingerprint density at radius 3 is 3.00 bits per heavy atom. The molecule has 1 saturated carbocycles. The van der Waals surface area contributed by atoms with Crippen LogP contribution in [-0.2, 0) is 12.8 Å². The van der Waals surface area contributed by atoms with Crippen molar-refractivity contribution in [2.45, 2.75) is 32.6 Å². The fourth-order valence-corrected chi connectivity index (χ4v) is 2.96. The molecule has 0 aromatic carbocycles. The third-order valence-electron chi connectivity index (χ3n) is 2.99. The van der Waals surface area contributed by atoms with Gasteiger partial charge in [-0.25, -0.2) is 0 Å². The standard InChI is InChI=1S/C11H14N2OS/c1-2-8-9(12)10-11(15-8)7(13-14-10)5-6-3-4-6/h6H,2-5,12H2,1H3. The Balaban J connectivity index is 2.07. The highest BCUT2D eigenvalue weighted by Gasteiger charge is 2.26. The van der Waals surface area contributed by atoms with Gasteiger partial charge in [-0.3, -0.25) is 0 Å². The van der Waals surface area contributed by atoms with Gasteiger partial charge in [-0.1, -0.05) is 12.1 Å². The van der Waals surface area contributed by atoms with Crippen LogP contribution in [0.5, 0.6) is 0 Å². The van der Waals surface area contributed by atoms with Crippen molar-refractivity contribution >= 4 is 27.3 Å². The lowest BCUT2D eigenvalue weighted by Crippen LogP contribution is -1.86. The topological polar surface area (TPSA) is 52.0 Å². The minimum atomic E-state index is 0.798. The number of nitrogen functional groups attached to an aromatic ring is 1. The number of anilines is 1. The molecule has 0 bridgehead atoms. The number of aromatic nitrogens is 1. The monoisotopic (exact) mass is 222 g/mol. The van der Waals surface area contributed by atoms with Crippen LogP contribution in [0.3, 0.4) is 0 Å². The van der Waals surface area contributed by atoms with Gasteiger partial charge in [-0.2, -0.15) is 0 Å². The molecular formula is C11H14N2OS. The molecule has 0 aliphatic heterocycles. The van der Waals surface area contributed by atoms with Gasteiger partial charge < -0.3 is 10.3 Å². The first-order chi connectivity index (χ1) is 7.29. The van der Waals surface area contributed by atoms with Gasteiger partial charge in [-0.15, -0.1) is 11.3 Å². The Morgan fingerprint density at radius 1 is 1.53 bits per heavy atom. The van der Waals surface area contributed by atoms with E-state index in [1.54, 1.807) is 11.3 Å². The lowest BCUT2D eigenvalue weighted by molar-refractivity contribution is 0.444. The minimum Gasteiger partial charge on any atom is -0.395 e. The lowest BCUT2D eigenvalue weighted by atomic mass is 10.2. The van der Waals surface area contributed by atoms with Gasteiger partial charge in [0, 0.05) is 4.88 Å². The van der Waals surface area contributed by atoms with E-state index in [1.165, 1.54) is 22.4 Å². The number of rotatable bonds is 3. The van der Waals surface area contributed by atoms with Crippen molar-refractivity contribution in [3.8, 4) is 0 Å². The minimum absolute atomic E-state index is 0.798. The summed E-state index contributed by atoms with van der Waals surface area (Å²) >= 11 is 1.75. The molecule has 0 saturated heterocycles. The van der Waals surface area contributed by atoms with Crippen LogP contribution in [0.25, 0.3) is 10.3 Å². The van der Waals surface area contributed by atoms with Crippen LogP contribution in [0.4, 0.5) is 5.69 Å². The molecule has 1 aliphatic rings. The molecule has 0 radical (unpaired) electrons. The molecule has 80 valence electrons. The summed E-state index contributed by atoms with van der Waals surface area (Å²) in [4.78, 5) is 1.23. The molecule has 3 nitrogen and oxygen atoms in total. The molecule has 1 aliphatic carbocycles. The van der Waals surface area contributed by atoms with Crippen LogP contribution in [0.15, 0.2) is 4.52 Å².